The van der Waals surface area contributed by atoms with Crippen LogP contribution in [0.25, 0.3) is 11.1 Å². The van der Waals surface area contributed by atoms with Crippen LogP contribution in [0.5, 0.6) is 0 Å². The molecule has 2 aliphatic rings. The molecule has 5 rings (SSSR count). The molecule has 8 heteroatoms. The Balaban J connectivity index is 1.18. The van der Waals surface area contributed by atoms with Gasteiger partial charge in [-0.25, -0.2) is 9.59 Å². The normalized spacial score (nSPS) is 16.7. The van der Waals surface area contributed by atoms with Crippen LogP contribution in [0.2, 0.25) is 0 Å². The number of hydrogen-bond acceptors (Lipinski definition) is 5. The van der Waals surface area contributed by atoms with Crippen LogP contribution in [-0.2, 0) is 25.7 Å². The summed E-state index contributed by atoms with van der Waals surface area (Å²) in [5.41, 5.74) is 4.54. The van der Waals surface area contributed by atoms with Crippen LogP contribution in [-0.4, -0.2) is 48.4 Å². The van der Waals surface area contributed by atoms with E-state index in [1.165, 1.54) is 0 Å². The van der Waals surface area contributed by atoms with E-state index in [1.807, 2.05) is 54.6 Å². The first-order valence-corrected chi connectivity index (χ1v) is 14.2. The van der Waals surface area contributed by atoms with Gasteiger partial charge in [0.25, 0.3) is 0 Å². The van der Waals surface area contributed by atoms with Crippen molar-refractivity contribution in [2.45, 2.75) is 57.3 Å². The van der Waals surface area contributed by atoms with Gasteiger partial charge in [0, 0.05) is 12.5 Å². The van der Waals surface area contributed by atoms with Crippen molar-refractivity contribution in [3.05, 3.63) is 95.6 Å². The molecule has 1 fully saturated rings. The zero-order valence-electron chi connectivity index (χ0n) is 23.2. The van der Waals surface area contributed by atoms with Crippen LogP contribution in [0.3, 0.4) is 0 Å². The highest BCUT2D eigenvalue weighted by molar-refractivity contribution is 5.88. The molecule has 214 valence electrons. The molecule has 3 N–H and O–H groups in total. The Morgan fingerprint density at radius 2 is 1.49 bits per heavy atom. The Kier molecular flexibility index (Phi) is 8.69. The number of nitrogens with one attached hydrogen (secondary N) is 2. The Morgan fingerprint density at radius 3 is 2.10 bits per heavy atom. The van der Waals surface area contributed by atoms with Crippen LogP contribution in [0.1, 0.15) is 55.2 Å². The fraction of sp³-hybridized carbons (Fsp3) is 0.364. The van der Waals surface area contributed by atoms with Gasteiger partial charge in [0.1, 0.15) is 6.61 Å². The minimum atomic E-state index is -1.22. The highest BCUT2D eigenvalue weighted by Gasteiger charge is 2.43. The number of ether oxygens (including phenoxy) is 2. The Hall–Kier alpha value is -4.17. The third-order valence-corrected chi connectivity index (χ3v) is 8.33. The lowest BCUT2D eigenvalue weighted by Crippen LogP contribution is -2.55. The van der Waals surface area contributed by atoms with E-state index in [-0.39, 0.29) is 25.7 Å². The van der Waals surface area contributed by atoms with E-state index in [0.29, 0.717) is 12.8 Å². The summed E-state index contributed by atoms with van der Waals surface area (Å²) in [4.78, 5) is 38.4. The molecule has 0 saturated heterocycles. The molecule has 2 aliphatic carbocycles. The number of carbonyl (C=O) groups excluding carboxylic acids is 2. The minimum Gasteiger partial charge on any atom is -0.480 e. The van der Waals surface area contributed by atoms with Crippen molar-refractivity contribution in [1.82, 2.24) is 10.6 Å². The Labute approximate surface area is 240 Å². The molecule has 3 aromatic rings. The second kappa shape index (κ2) is 12.6. The van der Waals surface area contributed by atoms with Gasteiger partial charge < -0.3 is 25.2 Å². The summed E-state index contributed by atoms with van der Waals surface area (Å²) in [5.74, 6) is -1.63. The maximum atomic E-state index is 13.5. The summed E-state index contributed by atoms with van der Waals surface area (Å²) in [6, 6.07) is 24.5. The molecule has 0 heterocycles. The Bertz CT molecular complexity index is 1340. The zero-order chi connectivity index (χ0) is 28.8. The molecule has 1 saturated carbocycles. The number of rotatable bonds is 11. The molecule has 0 aliphatic heterocycles. The average Bonchev–Trinajstić information content (AvgIpc) is 3.61. The maximum Gasteiger partial charge on any atom is 0.407 e. The third kappa shape index (κ3) is 6.28. The fourth-order valence-electron chi connectivity index (χ4n) is 6.00. The number of carboxylic acids is 1. The first kappa shape index (κ1) is 28.4. The van der Waals surface area contributed by atoms with Gasteiger partial charge in [0.2, 0.25) is 5.91 Å². The molecule has 41 heavy (non-hydrogen) atoms. The number of carboxylic acid groups (broad SMARTS) is 1. The molecule has 2 amide bonds. The first-order valence-electron chi connectivity index (χ1n) is 14.2. The largest absolute Gasteiger partial charge is 0.480 e. The number of fused-ring (bicyclic) bond motifs is 3. The number of benzene rings is 3. The number of amides is 2. The van der Waals surface area contributed by atoms with Crippen molar-refractivity contribution in [2.75, 3.05) is 13.2 Å². The van der Waals surface area contributed by atoms with Crippen molar-refractivity contribution in [2.24, 2.45) is 5.41 Å². The van der Waals surface area contributed by atoms with Gasteiger partial charge in [0.15, 0.2) is 6.04 Å². The topological polar surface area (TPSA) is 114 Å². The zero-order valence-corrected chi connectivity index (χ0v) is 23.2. The molecule has 3 aromatic carbocycles. The van der Waals surface area contributed by atoms with Gasteiger partial charge in [-0.2, -0.15) is 0 Å². The smallest absolute Gasteiger partial charge is 0.407 e. The second-order valence-corrected chi connectivity index (χ2v) is 11.0. The average molecular weight is 557 g/mol. The first-order chi connectivity index (χ1) is 19.9. The highest BCUT2D eigenvalue weighted by atomic mass is 16.5. The SMILES string of the molecule is C[C@H](OCc1ccccc1)[C@@H](NC(=O)C1(CNC(=O)OCC2c3ccccc3-c3ccccc32)CCCC1)C(=O)O. The van der Waals surface area contributed by atoms with Gasteiger partial charge in [-0.05, 0) is 47.6 Å². The van der Waals surface area contributed by atoms with E-state index in [1.54, 1.807) is 6.92 Å². The molecular weight excluding hydrogens is 520 g/mol. The summed E-state index contributed by atoms with van der Waals surface area (Å²) < 4.78 is 11.5. The summed E-state index contributed by atoms with van der Waals surface area (Å²) in [7, 11) is 0. The number of alkyl carbamates (subject to hydrolysis) is 1. The van der Waals surface area contributed by atoms with Crippen molar-refractivity contribution in [1.29, 1.82) is 0 Å². The highest BCUT2D eigenvalue weighted by Crippen LogP contribution is 2.44. The second-order valence-electron chi connectivity index (χ2n) is 11.0. The van der Waals surface area contributed by atoms with E-state index in [2.05, 4.69) is 34.9 Å². The summed E-state index contributed by atoms with van der Waals surface area (Å²) >= 11 is 0. The predicted octanol–water partition coefficient (Wildman–Crippen LogP) is 5.26. The summed E-state index contributed by atoms with van der Waals surface area (Å²) in [5, 5.41) is 15.4. The predicted molar refractivity (Wildman–Crippen MR) is 154 cm³/mol. The molecule has 0 spiro atoms. The van der Waals surface area contributed by atoms with Gasteiger partial charge in [-0.1, -0.05) is 91.7 Å². The number of aliphatic carboxylic acids is 1. The van der Waals surface area contributed by atoms with E-state index < -0.39 is 35.5 Å². The van der Waals surface area contributed by atoms with Gasteiger partial charge >= 0.3 is 12.1 Å². The minimum absolute atomic E-state index is 0.0643. The molecule has 8 nitrogen and oxygen atoms in total. The monoisotopic (exact) mass is 556 g/mol. The lowest BCUT2D eigenvalue weighted by Gasteiger charge is -2.31. The van der Waals surface area contributed by atoms with E-state index in [0.717, 1.165) is 40.7 Å². The van der Waals surface area contributed by atoms with Crippen molar-refractivity contribution >= 4 is 18.0 Å². The molecule has 0 radical (unpaired) electrons. The standard InChI is InChI=1S/C33H36N2O6/c1-22(40-19-23-11-3-2-4-12-23)29(30(36)37)35-31(38)33(17-9-10-18-33)21-34-32(39)41-20-28-26-15-7-5-13-24(26)25-14-6-8-16-27(25)28/h2-8,11-16,22,28-29H,9-10,17-21H2,1H3,(H,34,39)(H,35,38)(H,36,37)/t22-,29+/m0/s1. The van der Waals surface area contributed by atoms with Crippen molar-refractivity contribution in [3.63, 3.8) is 0 Å². The van der Waals surface area contributed by atoms with Crippen LogP contribution in [0.4, 0.5) is 4.79 Å². The molecule has 0 bridgehead atoms. The Morgan fingerprint density at radius 1 is 0.902 bits per heavy atom. The van der Waals surface area contributed by atoms with Crippen molar-refractivity contribution < 1.29 is 29.0 Å². The maximum absolute atomic E-state index is 13.5. The molecule has 2 atom stereocenters. The third-order valence-electron chi connectivity index (χ3n) is 8.33. The van der Waals surface area contributed by atoms with Gasteiger partial charge in [0.05, 0.1) is 18.1 Å². The van der Waals surface area contributed by atoms with Crippen LogP contribution in [0, 0.1) is 5.41 Å². The number of carbonyl (C=O) groups is 3. The van der Waals surface area contributed by atoms with E-state index >= 15 is 0 Å². The molecular formula is C33H36N2O6. The van der Waals surface area contributed by atoms with Crippen LogP contribution in [0.15, 0.2) is 78.9 Å². The van der Waals surface area contributed by atoms with Crippen molar-refractivity contribution in [3.8, 4) is 11.1 Å². The van der Waals surface area contributed by atoms with Gasteiger partial charge in [-0.15, -0.1) is 0 Å². The van der Waals surface area contributed by atoms with Crippen LogP contribution >= 0.6 is 0 Å². The van der Waals surface area contributed by atoms with Gasteiger partial charge in [-0.3, -0.25) is 4.79 Å². The quantitative estimate of drug-likeness (QED) is 0.297. The molecule has 0 unspecified atom stereocenters. The van der Waals surface area contributed by atoms with Crippen LogP contribution < -0.4 is 10.6 Å². The van der Waals surface area contributed by atoms with E-state index in [9.17, 15) is 19.5 Å². The molecule has 0 aromatic heterocycles. The summed E-state index contributed by atoms with van der Waals surface area (Å²) in [6.45, 7) is 2.12. The van der Waals surface area contributed by atoms with E-state index in [4.69, 9.17) is 9.47 Å². The lowest BCUT2D eigenvalue weighted by molar-refractivity contribution is -0.148. The summed E-state index contributed by atoms with van der Waals surface area (Å²) in [6.07, 6.45) is 1.38. The number of hydrogen-bond donors (Lipinski definition) is 3. The fourth-order valence-corrected chi connectivity index (χ4v) is 6.00. The lowest BCUT2D eigenvalue weighted by atomic mass is 9.84.